The van der Waals surface area contributed by atoms with Gasteiger partial charge in [-0.25, -0.2) is 0 Å². The van der Waals surface area contributed by atoms with E-state index in [2.05, 4.69) is 48.0 Å². The van der Waals surface area contributed by atoms with Crippen molar-refractivity contribution in [2.75, 3.05) is 0 Å². The van der Waals surface area contributed by atoms with Gasteiger partial charge in [0.05, 0.1) is 0 Å². The fraction of sp³-hybridized carbons (Fsp3) is 0.0588. The van der Waals surface area contributed by atoms with Crippen LogP contribution in [-0.2, 0) is 7.05 Å². The molecule has 0 atom stereocenters. The van der Waals surface area contributed by atoms with Gasteiger partial charge in [-0.1, -0.05) is 48.0 Å². The highest BCUT2D eigenvalue weighted by molar-refractivity contribution is 6.31. The number of halogens is 1. The lowest BCUT2D eigenvalue weighted by atomic mass is 10.2. The number of aromatic nitrogens is 1. The Morgan fingerprint density at radius 2 is 1.74 bits per heavy atom. The first-order valence-electron chi connectivity index (χ1n) is 6.22. The highest BCUT2D eigenvalue weighted by Gasteiger charge is 2.03. The van der Waals surface area contributed by atoms with E-state index >= 15 is 0 Å². The summed E-state index contributed by atoms with van der Waals surface area (Å²) < 4.78 is 2.17. The summed E-state index contributed by atoms with van der Waals surface area (Å²) in [6.45, 7) is 0. The minimum atomic E-state index is 0.775. The molecule has 0 saturated heterocycles. The maximum atomic E-state index is 6.03. The monoisotopic (exact) mass is 267 g/mol. The molecule has 0 bridgehead atoms. The summed E-state index contributed by atoms with van der Waals surface area (Å²) in [5, 5.41) is 1.94. The lowest BCUT2D eigenvalue weighted by Gasteiger charge is -1.99. The number of rotatable bonds is 2. The van der Waals surface area contributed by atoms with Crippen LogP contribution in [0.3, 0.4) is 0 Å². The van der Waals surface area contributed by atoms with Crippen LogP contribution in [0.15, 0.2) is 54.6 Å². The number of fused-ring (bicyclic) bond motifs is 1. The van der Waals surface area contributed by atoms with Crippen molar-refractivity contribution in [1.82, 2.24) is 4.57 Å². The van der Waals surface area contributed by atoms with E-state index in [1.54, 1.807) is 0 Å². The van der Waals surface area contributed by atoms with E-state index in [0.29, 0.717) is 0 Å². The molecule has 0 N–H and O–H groups in total. The molecule has 19 heavy (non-hydrogen) atoms. The molecule has 3 rings (SSSR count). The lowest BCUT2D eigenvalue weighted by molar-refractivity contribution is 0.955. The molecular formula is C17H14ClN. The lowest BCUT2D eigenvalue weighted by Crippen LogP contribution is -1.89. The minimum absolute atomic E-state index is 0.775. The van der Waals surface area contributed by atoms with Gasteiger partial charge in [0.25, 0.3) is 0 Å². The molecule has 0 saturated carbocycles. The van der Waals surface area contributed by atoms with Crippen LogP contribution in [0.25, 0.3) is 23.1 Å². The third kappa shape index (κ3) is 2.42. The van der Waals surface area contributed by atoms with Crippen LogP contribution in [0.4, 0.5) is 0 Å². The summed E-state index contributed by atoms with van der Waals surface area (Å²) in [7, 11) is 2.07. The van der Waals surface area contributed by atoms with Crippen molar-refractivity contribution in [2.45, 2.75) is 0 Å². The first kappa shape index (κ1) is 12.1. The zero-order chi connectivity index (χ0) is 13.2. The van der Waals surface area contributed by atoms with Crippen molar-refractivity contribution in [1.29, 1.82) is 0 Å². The highest BCUT2D eigenvalue weighted by atomic mass is 35.5. The standard InChI is InChI=1S/C17H14ClN/c1-19-16(9-7-13-5-3-2-4-6-13)12-14-11-15(18)8-10-17(14)19/h2-12H,1H3/b9-7+. The molecule has 94 valence electrons. The van der Waals surface area contributed by atoms with Gasteiger partial charge in [0.2, 0.25) is 0 Å². The third-order valence-corrected chi connectivity index (χ3v) is 3.52. The molecule has 0 aliphatic heterocycles. The van der Waals surface area contributed by atoms with Crippen molar-refractivity contribution in [3.63, 3.8) is 0 Å². The van der Waals surface area contributed by atoms with E-state index in [9.17, 15) is 0 Å². The molecule has 0 amide bonds. The van der Waals surface area contributed by atoms with Gasteiger partial charge in [-0.05, 0) is 35.9 Å². The van der Waals surface area contributed by atoms with Crippen LogP contribution in [0.1, 0.15) is 11.3 Å². The molecule has 0 aliphatic carbocycles. The maximum Gasteiger partial charge on any atom is 0.0483 e. The quantitative estimate of drug-likeness (QED) is 0.616. The summed E-state index contributed by atoms with van der Waals surface area (Å²) in [6, 6.07) is 18.4. The van der Waals surface area contributed by atoms with Crippen LogP contribution in [0.5, 0.6) is 0 Å². The second-order valence-electron chi connectivity index (χ2n) is 4.58. The molecule has 0 fully saturated rings. The summed E-state index contributed by atoms with van der Waals surface area (Å²) in [4.78, 5) is 0. The van der Waals surface area contributed by atoms with Crippen molar-refractivity contribution in [2.24, 2.45) is 7.05 Å². The largest absolute Gasteiger partial charge is 0.344 e. The maximum absolute atomic E-state index is 6.03. The average molecular weight is 268 g/mol. The smallest absolute Gasteiger partial charge is 0.0483 e. The highest BCUT2D eigenvalue weighted by Crippen LogP contribution is 2.23. The molecule has 1 nitrogen and oxygen atoms in total. The first-order chi connectivity index (χ1) is 9.24. The van der Waals surface area contributed by atoms with Gasteiger partial charge < -0.3 is 4.57 Å². The average Bonchev–Trinajstić information content (AvgIpc) is 2.74. The van der Waals surface area contributed by atoms with E-state index in [1.807, 2.05) is 30.3 Å². The fourth-order valence-electron chi connectivity index (χ4n) is 2.25. The predicted octanol–water partition coefficient (Wildman–Crippen LogP) is 5.00. The molecule has 2 heteroatoms. The number of benzene rings is 2. The van der Waals surface area contributed by atoms with Crippen LogP contribution in [0.2, 0.25) is 5.02 Å². The van der Waals surface area contributed by atoms with Gasteiger partial charge in [-0.2, -0.15) is 0 Å². The van der Waals surface area contributed by atoms with Crippen LogP contribution < -0.4 is 0 Å². The number of hydrogen-bond acceptors (Lipinski definition) is 0. The Balaban J connectivity index is 2.02. The summed E-state index contributed by atoms with van der Waals surface area (Å²) in [6.07, 6.45) is 4.25. The Morgan fingerprint density at radius 1 is 0.947 bits per heavy atom. The zero-order valence-electron chi connectivity index (χ0n) is 10.7. The van der Waals surface area contributed by atoms with Gasteiger partial charge >= 0.3 is 0 Å². The van der Waals surface area contributed by atoms with Gasteiger partial charge in [-0.3, -0.25) is 0 Å². The predicted molar refractivity (Wildman–Crippen MR) is 83.3 cm³/mol. The zero-order valence-corrected chi connectivity index (χ0v) is 11.4. The molecule has 0 spiro atoms. The molecule has 2 aromatic carbocycles. The second-order valence-corrected chi connectivity index (χ2v) is 5.01. The van der Waals surface area contributed by atoms with Gasteiger partial charge in [0, 0.05) is 28.7 Å². The first-order valence-corrected chi connectivity index (χ1v) is 6.60. The van der Waals surface area contributed by atoms with Gasteiger partial charge in [0.15, 0.2) is 0 Å². The normalized spacial score (nSPS) is 11.5. The molecule has 1 heterocycles. The number of nitrogens with zero attached hydrogens (tertiary/aromatic N) is 1. The Hall–Kier alpha value is -1.99. The van der Waals surface area contributed by atoms with E-state index in [1.165, 1.54) is 22.2 Å². The van der Waals surface area contributed by atoms with E-state index < -0.39 is 0 Å². The van der Waals surface area contributed by atoms with Crippen LogP contribution >= 0.6 is 11.6 Å². The molecule has 0 unspecified atom stereocenters. The van der Waals surface area contributed by atoms with Crippen molar-refractivity contribution >= 4 is 34.7 Å². The Morgan fingerprint density at radius 3 is 2.53 bits per heavy atom. The second kappa shape index (κ2) is 4.94. The molecule has 3 aromatic rings. The molecule has 1 aromatic heterocycles. The number of aryl methyl sites for hydroxylation is 1. The molecule has 0 aliphatic rings. The van der Waals surface area contributed by atoms with Crippen molar-refractivity contribution < 1.29 is 0 Å². The SMILES string of the molecule is Cn1c(/C=C/c2ccccc2)cc2cc(Cl)ccc21. The molecule has 0 radical (unpaired) electrons. The van der Waals surface area contributed by atoms with E-state index in [4.69, 9.17) is 11.6 Å². The van der Waals surface area contributed by atoms with Crippen LogP contribution in [0, 0.1) is 0 Å². The van der Waals surface area contributed by atoms with Crippen LogP contribution in [-0.4, -0.2) is 4.57 Å². The Bertz CT molecular complexity index is 739. The number of hydrogen-bond donors (Lipinski definition) is 0. The Kier molecular flexibility index (Phi) is 3.14. The van der Waals surface area contributed by atoms with Crippen molar-refractivity contribution in [3.05, 3.63) is 70.9 Å². The van der Waals surface area contributed by atoms with Gasteiger partial charge in [0.1, 0.15) is 0 Å². The molecular weight excluding hydrogens is 254 g/mol. The summed E-state index contributed by atoms with van der Waals surface area (Å²) in [5.74, 6) is 0. The van der Waals surface area contributed by atoms with Crippen molar-refractivity contribution in [3.8, 4) is 0 Å². The summed E-state index contributed by atoms with van der Waals surface area (Å²) in [5.41, 5.74) is 3.56. The summed E-state index contributed by atoms with van der Waals surface area (Å²) >= 11 is 6.03. The van der Waals surface area contributed by atoms with E-state index in [-0.39, 0.29) is 0 Å². The fourth-order valence-corrected chi connectivity index (χ4v) is 2.43. The third-order valence-electron chi connectivity index (χ3n) is 3.29. The Labute approximate surface area is 117 Å². The topological polar surface area (TPSA) is 4.93 Å². The van der Waals surface area contributed by atoms with E-state index in [0.717, 1.165) is 5.02 Å². The van der Waals surface area contributed by atoms with Gasteiger partial charge in [-0.15, -0.1) is 0 Å². The minimum Gasteiger partial charge on any atom is -0.344 e.